The third-order valence-electron chi connectivity index (χ3n) is 4.58. The zero-order chi connectivity index (χ0) is 19.8. The summed E-state index contributed by atoms with van der Waals surface area (Å²) in [6, 6.07) is 11.9. The Morgan fingerprint density at radius 1 is 1.15 bits per heavy atom. The van der Waals surface area contributed by atoms with E-state index in [0.717, 1.165) is 16.9 Å². The quantitative estimate of drug-likeness (QED) is 0.648. The third-order valence-corrected chi connectivity index (χ3v) is 7.44. The Bertz CT molecular complexity index is 1130. The van der Waals surface area contributed by atoms with Crippen LogP contribution in [0.4, 0.5) is 0 Å². The van der Waals surface area contributed by atoms with Crippen molar-refractivity contribution in [1.82, 2.24) is 9.29 Å². The summed E-state index contributed by atoms with van der Waals surface area (Å²) in [5.74, 6) is 0.177. The topological polar surface area (TPSA) is 68.2 Å². The number of nitrogens with one attached hydrogen (secondary N) is 1. The van der Waals surface area contributed by atoms with Crippen molar-refractivity contribution >= 4 is 43.2 Å². The van der Waals surface area contributed by atoms with Gasteiger partial charge >= 0.3 is 4.87 Å². The molecule has 1 aromatic heterocycles. The molecule has 0 unspecified atom stereocenters. The molecule has 2 aromatic carbocycles. The van der Waals surface area contributed by atoms with Crippen molar-refractivity contribution in [3.8, 4) is 0 Å². The van der Waals surface area contributed by atoms with Crippen LogP contribution in [0.3, 0.4) is 0 Å². The fourth-order valence-electron chi connectivity index (χ4n) is 2.61. The van der Waals surface area contributed by atoms with Crippen LogP contribution >= 0.6 is 22.9 Å². The van der Waals surface area contributed by atoms with Crippen molar-refractivity contribution in [2.24, 2.45) is 5.92 Å². The van der Waals surface area contributed by atoms with Gasteiger partial charge in [0.15, 0.2) is 0 Å². The van der Waals surface area contributed by atoms with Gasteiger partial charge in [-0.1, -0.05) is 55.0 Å². The van der Waals surface area contributed by atoms with Gasteiger partial charge in [-0.05, 0) is 42.7 Å². The highest BCUT2D eigenvalue weighted by molar-refractivity contribution is 7.89. The zero-order valence-electron chi connectivity index (χ0n) is 15.3. The van der Waals surface area contributed by atoms with Crippen LogP contribution in [-0.2, 0) is 16.6 Å². The van der Waals surface area contributed by atoms with Crippen LogP contribution in [0.2, 0.25) is 5.02 Å². The van der Waals surface area contributed by atoms with Gasteiger partial charge in [0.25, 0.3) is 0 Å². The van der Waals surface area contributed by atoms with Crippen molar-refractivity contribution in [2.45, 2.75) is 38.3 Å². The minimum atomic E-state index is -3.64. The monoisotopic (exact) mass is 424 g/mol. The molecular weight excluding hydrogens is 404 g/mol. The average molecular weight is 425 g/mol. The van der Waals surface area contributed by atoms with Crippen LogP contribution in [0.1, 0.15) is 26.3 Å². The largest absolute Gasteiger partial charge is 0.308 e. The summed E-state index contributed by atoms with van der Waals surface area (Å²) in [5.41, 5.74) is 1.53. The molecule has 0 aliphatic heterocycles. The molecule has 0 spiro atoms. The van der Waals surface area contributed by atoms with E-state index in [-0.39, 0.29) is 21.7 Å². The summed E-state index contributed by atoms with van der Waals surface area (Å²) >= 11 is 7.24. The number of benzene rings is 2. The summed E-state index contributed by atoms with van der Waals surface area (Å²) in [4.78, 5) is 12.5. The van der Waals surface area contributed by atoms with Crippen LogP contribution in [-0.4, -0.2) is 19.0 Å². The van der Waals surface area contributed by atoms with E-state index in [0.29, 0.717) is 21.8 Å². The Labute approximate surface area is 167 Å². The molecule has 3 aromatic rings. The Morgan fingerprint density at radius 3 is 2.52 bits per heavy atom. The summed E-state index contributed by atoms with van der Waals surface area (Å²) in [6.07, 6.45) is 0. The Hall–Kier alpha value is -1.67. The first-order chi connectivity index (χ1) is 12.7. The summed E-state index contributed by atoms with van der Waals surface area (Å²) in [7, 11) is -3.64. The van der Waals surface area contributed by atoms with Gasteiger partial charge in [-0.3, -0.25) is 9.36 Å². The van der Waals surface area contributed by atoms with Crippen molar-refractivity contribution in [2.75, 3.05) is 0 Å². The number of hydrogen-bond acceptors (Lipinski definition) is 4. The van der Waals surface area contributed by atoms with Crippen LogP contribution in [0.15, 0.2) is 52.2 Å². The molecule has 3 rings (SSSR count). The standard InChI is InChI=1S/C19H21ClN2O3S2/c1-12(2)13(3)21-27(24,25)15-8-9-17-18(10-15)26-19(23)22(17)11-14-6-4-5-7-16(14)20/h4-10,12-13,21H,11H2,1-3H3/t13-/m0/s1. The van der Waals surface area contributed by atoms with Gasteiger partial charge in [0.2, 0.25) is 10.0 Å². The number of sulfonamides is 1. The van der Waals surface area contributed by atoms with E-state index >= 15 is 0 Å². The molecule has 0 bridgehead atoms. The first kappa shape index (κ1) is 20.1. The van der Waals surface area contributed by atoms with E-state index in [1.54, 1.807) is 22.8 Å². The normalized spacial score (nSPS) is 13.4. The second-order valence-electron chi connectivity index (χ2n) is 6.83. The Morgan fingerprint density at radius 2 is 1.85 bits per heavy atom. The van der Waals surface area contributed by atoms with Crippen molar-refractivity contribution < 1.29 is 8.42 Å². The lowest BCUT2D eigenvalue weighted by Crippen LogP contribution is -2.36. The maximum atomic E-state index is 12.6. The number of aromatic nitrogens is 1. The van der Waals surface area contributed by atoms with Gasteiger partial charge < -0.3 is 0 Å². The molecular formula is C19H21ClN2O3S2. The number of thiazole rings is 1. The van der Waals surface area contributed by atoms with Gasteiger partial charge in [-0.15, -0.1) is 0 Å². The molecule has 27 heavy (non-hydrogen) atoms. The molecule has 5 nitrogen and oxygen atoms in total. The highest BCUT2D eigenvalue weighted by Gasteiger charge is 2.20. The third kappa shape index (κ3) is 4.27. The molecule has 0 amide bonds. The van der Waals surface area contributed by atoms with E-state index in [2.05, 4.69) is 4.72 Å². The molecule has 0 aliphatic carbocycles. The highest BCUT2D eigenvalue weighted by Crippen LogP contribution is 2.24. The van der Waals surface area contributed by atoms with Gasteiger partial charge in [-0.2, -0.15) is 0 Å². The SMILES string of the molecule is CC(C)[C@H](C)NS(=O)(=O)c1ccc2c(c1)sc(=O)n2Cc1ccccc1Cl. The predicted octanol–water partition coefficient (Wildman–Crippen LogP) is 4.09. The highest BCUT2D eigenvalue weighted by atomic mass is 35.5. The van der Waals surface area contributed by atoms with Crippen LogP contribution in [0.5, 0.6) is 0 Å². The van der Waals surface area contributed by atoms with Gasteiger partial charge in [0, 0.05) is 11.1 Å². The molecule has 1 heterocycles. The summed E-state index contributed by atoms with van der Waals surface area (Å²) in [5, 5.41) is 0.592. The molecule has 0 fully saturated rings. The number of rotatable bonds is 6. The lowest BCUT2D eigenvalue weighted by Gasteiger charge is -2.17. The van der Waals surface area contributed by atoms with Crippen LogP contribution in [0, 0.1) is 5.92 Å². The van der Waals surface area contributed by atoms with E-state index in [4.69, 9.17) is 11.6 Å². The van der Waals surface area contributed by atoms with Crippen molar-refractivity contribution in [1.29, 1.82) is 0 Å². The fraction of sp³-hybridized carbons (Fsp3) is 0.316. The maximum absolute atomic E-state index is 12.6. The van der Waals surface area contributed by atoms with E-state index in [9.17, 15) is 13.2 Å². The number of nitrogens with zero attached hydrogens (tertiary/aromatic N) is 1. The first-order valence-corrected chi connectivity index (χ1v) is 11.3. The van der Waals surface area contributed by atoms with E-state index in [1.807, 2.05) is 39.0 Å². The number of halogens is 1. The van der Waals surface area contributed by atoms with E-state index in [1.165, 1.54) is 6.07 Å². The van der Waals surface area contributed by atoms with Crippen LogP contribution in [0.25, 0.3) is 10.2 Å². The lowest BCUT2D eigenvalue weighted by molar-refractivity contribution is 0.476. The molecule has 0 saturated heterocycles. The summed E-state index contributed by atoms with van der Waals surface area (Å²) < 4.78 is 30.1. The molecule has 0 radical (unpaired) electrons. The second kappa shape index (κ2) is 7.75. The molecule has 0 saturated carbocycles. The van der Waals surface area contributed by atoms with Crippen molar-refractivity contribution in [3.05, 3.63) is 62.7 Å². The zero-order valence-corrected chi connectivity index (χ0v) is 17.7. The molecule has 0 aliphatic rings. The average Bonchev–Trinajstić information content (AvgIpc) is 2.91. The predicted molar refractivity (Wildman–Crippen MR) is 111 cm³/mol. The molecule has 8 heteroatoms. The maximum Gasteiger partial charge on any atom is 0.308 e. The minimum absolute atomic E-state index is 0.150. The Balaban J connectivity index is 1.99. The molecule has 144 valence electrons. The minimum Gasteiger partial charge on any atom is -0.294 e. The number of fused-ring (bicyclic) bond motifs is 1. The molecule has 1 atom stereocenters. The van der Waals surface area contributed by atoms with Crippen molar-refractivity contribution in [3.63, 3.8) is 0 Å². The van der Waals surface area contributed by atoms with Gasteiger partial charge in [0.05, 0.1) is 21.7 Å². The lowest BCUT2D eigenvalue weighted by atomic mass is 10.1. The smallest absolute Gasteiger partial charge is 0.294 e. The summed E-state index contributed by atoms with van der Waals surface area (Å²) in [6.45, 7) is 6.08. The van der Waals surface area contributed by atoms with Crippen LogP contribution < -0.4 is 9.60 Å². The van der Waals surface area contributed by atoms with Gasteiger partial charge in [0.1, 0.15) is 0 Å². The second-order valence-corrected chi connectivity index (χ2v) is 9.94. The Kier molecular flexibility index (Phi) is 5.76. The van der Waals surface area contributed by atoms with E-state index < -0.39 is 10.0 Å². The first-order valence-electron chi connectivity index (χ1n) is 8.58. The number of hydrogen-bond donors (Lipinski definition) is 1. The van der Waals surface area contributed by atoms with Gasteiger partial charge in [-0.25, -0.2) is 13.1 Å². The molecule has 1 N–H and O–H groups in total. The fourth-order valence-corrected chi connectivity index (χ4v) is 5.23.